The second-order valence-electron chi connectivity index (χ2n) is 4.31. The van der Waals surface area contributed by atoms with E-state index >= 15 is 0 Å². The number of nitrogens with one attached hydrogen (secondary N) is 1. The Kier molecular flexibility index (Phi) is 4.52. The molecule has 2 rings (SSSR count). The van der Waals surface area contributed by atoms with E-state index in [9.17, 15) is 4.39 Å². The largest absolute Gasteiger partial charge is 0.491 e. The topological polar surface area (TPSA) is 39.1 Å². The molecule has 1 atom stereocenters. The Hall–Kier alpha value is -1.88. The summed E-state index contributed by atoms with van der Waals surface area (Å²) in [7, 11) is 1.86. The average Bonchev–Trinajstić information content (AvgIpc) is 2.91. The van der Waals surface area contributed by atoms with E-state index in [1.165, 1.54) is 12.1 Å². The molecule has 4 nitrogen and oxygen atoms in total. The first kappa shape index (κ1) is 13.5. The van der Waals surface area contributed by atoms with Crippen LogP contribution in [0.2, 0.25) is 0 Å². The molecule has 5 heteroatoms. The summed E-state index contributed by atoms with van der Waals surface area (Å²) in [5.74, 6) is 0.287. The highest BCUT2D eigenvalue weighted by Gasteiger charge is 2.11. The average molecular weight is 263 g/mol. The summed E-state index contributed by atoms with van der Waals surface area (Å²) in [6, 6.07) is 6.59. The van der Waals surface area contributed by atoms with E-state index in [4.69, 9.17) is 4.74 Å². The molecule has 1 heterocycles. The van der Waals surface area contributed by atoms with Crippen LogP contribution in [0.4, 0.5) is 4.39 Å². The van der Waals surface area contributed by atoms with Crippen LogP contribution in [0.25, 0.3) is 0 Å². The Morgan fingerprint density at radius 1 is 1.47 bits per heavy atom. The van der Waals surface area contributed by atoms with Crippen molar-refractivity contribution >= 4 is 0 Å². The number of rotatable bonds is 6. The van der Waals surface area contributed by atoms with E-state index in [1.54, 1.807) is 16.9 Å². The Labute approximate surface area is 112 Å². The van der Waals surface area contributed by atoms with Crippen LogP contribution in [0.3, 0.4) is 0 Å². The van der Waals surface area contributed by atoms with Crippen molar-refractivity contribution in [2.24, 2.45) is 0 Å². The number of benzene rings is 1. The lowest BCUT2D eigenvalue weighted by Gasteiger charge is -2.16. The summed E-state index contributed by atoms with van der Waals surface area (Å²) in [6.45, 7) is 3.10. The molecule has 1 aromatic heterocycles. The van der Waals surface area contributed by atoms with Gasteiger partial charge in [0.2, 0.25) is 0 Å². The molecule has 0 saturated carbocycles. The maximum absolute atomic E-state index is 13.3. The number of ether oxygens (including phenoxy) is 1. The van der Waals surface area contributed by atoms with E-state index in [2.05, 4.69) is 10.4 Å². The second kappa shape index (κ2) is 6.33. The van der Waals surface area contributed by atoms with Gasteiger partial charge in [-0.05, 0) is 26.1 Å². The molecule has 0 spiro atoms. The van der Waals surface area contributed by atoms with E-state index in [-0.39, 0.29) is 11.9 Å². The third-order valence-electron chi connectivity index (χ3n) is 3.01. The van der Waals surface area contributed by atoms with Gasteiger partial charge in [0, 0.05) is 30.1 Å². The van der Waals surface area contributed by atoms with Crippen LogP contribution in [0.1, 0.15) is 18.5 Å². The van der Waals surface area contributed by atoms with Gasteiger partial charge in [-0.15, -0.1) is 0 Å². The van der Waals surface area contributed by atoms with Crippen LogP contribution >= 0.6 is 0 Å². The van der Waals surface area contributed by atoms with Gasteiger partial charge >= 0.3 is 0 Å². The molecule has 0 saturated heterocycles. The molecule has 0 aliphatic heterocycles. The second-order valence-corrected chi connectivity index (χ2v) is 4.31. The molecule has 2 aromatic rings. The van der Waals surface area contributed by atoms with Gasteiger partial charge in [-0.2, -0.15) is 5.10 Å². The van der Waals surface area contributed by atoms with Crippen molar-refractivity contribution in [1.82, 2.24) is 15.1 Å². The lowest BCUT2D eigenvalue weighted by Crippen LogP contribution is -2.15. The van der Waals surface area contributed by atoms with Crippen molar-refractivity contribution in [2.75, 3.05) is 13.7 Å². The van der Waals surface area contributed by atoms with Crippen LogP contribution in [0, 0.1) is 5.82 Å². The van der Waals surface area contributed by atoms with Gasteiger partial charge in [0.05, 0.1) is 6.54 Å². The highest BCUT2D eigenvalue weighted by Crippen LogP contribution is 2.25. The number of aromatic nitrogens is 2. The van der Waals surface area contributed by atoms with Crippen molar-refractivity contribution in [1.29, 1.82) is 0 Å². The number of halogens is 1. The molecule has 0 amide bonds. The van der Waals surface area contributed by atoms with Gasteiger partial charge in [0.25, 0.3) is 0 Å². The standard InChI is InChI=1S/C14H18FN3O/c1-11(16-2)13-5-4-12(15)10-14(13)19-9-8-18-7-3-6-17-18/h3-7,10-11,16H,8-9H2,1-2H3. The molecule has 102 valence electrons. The molecule has 1 aromatic carbocycles. The SMILES string of the molecule is CNC(C)c1ccc(F)cc1OCCn1cccn1. The molecule has 0 aliphatic carbocycles. The molecular formula is C14H18FN3O. The monoisotopic (exact) mass is 263 g/mol. The zero-order chi connectivity index (χ0) is 13.7. The van der Waals surface area contributed by atoms with Gasteiger partial charge < -0.3 is 10.1 Å². The van der Waals surface area contributed by atoms with Gasteiger partial charge in [-0.1, -0.05) is 6.07 Å². The molecule has 0 bridgehead atoms. The number of hydrogen-bond donors (Lipinski definition) is 1. The predicted octanol–water partition coefficient (Wildman–Crippen LogP) is 2.38. The van der Waals surface area contributed by atoms with E-state index < -0.39 is 0 Å². The molecular weight excluding hydrogens is 245 g/mol. The van der Waals surface area contributed by atoms with Crippen LogP contribution in [-0.4, -0.2) is 23.4 Å². The van der Waals surface area contributed by atoms with Crippen LogP contribution in [0.5, 0.6) is 5.75 Å². The third kappa shape index (κ3) is 3.54. The Bertz CT molecular complexity index is 513. The highest BCUT2D eigenvalue weighted by molar-refractivity contribution is 5.36. The van der Waals surface area contributed by atoms with Crippen molar-refractivity contribution < 1.29 is 9.13 Å². The zero-order valence-electron chi connectivity index (χ0n) is 11.1. The Balaban J connectivity index is 2.03. The fourth-order valence-electron chi connectivity index (χ4n) is 1.83. The first-order chi connectivity index (χ1) is 9.20. The number of hydrogen-bond acceptors (Lipinski definition) is 3. The van der Waals surface area contributed by atoms with Gasteiger partial charge in [-0.25, -0.2) is 4.39 Å². The van der Waals surface area contributed by atoms with Crippen molar-refractivity contribution in [2.45, 2.75) is 19.5 Å². The molecule has 1 N–H and O–H groups in total. The van der Waals surface area contributed by atoms with Crippen molar-refractivity contribution in [3.05, 3.63) is 48.0 Å². The minimum atomic E-state index is -0.291. The first-order valence-corrected chi connectivity index (χ1v) is 6.27. The van der Waals surface area contributed by atoms with Gasteiger partial charge in [-0.3, -0.25) is 4.68 Å². The number of nitrogens with zero attached hydrogens (tertiary/aromatic N) is 2. The molecule has 0 fully saturated rings. The lowest BCUT2D eigenvalue weighted by molar-refractivity contribution is 0.285. The minimum Gasteiger partial charge on any atom is -0.491 e. The summed E-state index contributed by atoms with van der Waals surface area (Å²) >= 11 is 0. The minimum absolute atomic E-state index is 0.111. The van der Waals surface area contributed by atoms with Gasteiger partial charge in [0.1, 0.15) is 18.2 Å². The molecule has 0 radical (unpaired) electrons. The quantitative estimate of drug-likeness (QED) is 0.869. The summed E-state index contributed by atoms with van der Waals surface area (Å²) < 4.78 is 20.7. The molecule has 19 heavy (non-hydrogen) atoms. The summed E-state index contributed by atoms with van der Waals surface area (Å²) in [5.41, 5.74) is 0.948. The maximum Gasteiger partial charge on any atom is 0.127 e. The van der Waals surface area contributed by atoms with Crippen LogP contribution in [-0.2, 0) is 6.54 Å². The lowest BCUT2D eigenvalue weighted by atomic mass is 10.1. The highest BCUT2D eigenvalue weighted by atomic mass is 19.1. The van der Waals surface area contributed by atoms with Crippen molar-refractivity contribution in [3.63, 3.8) is 0 Å². The van der Waals surface area contributed by atoms with Gasteiger partial charge in [0.15, 0.2) is 0 Å². The fourth-order valence-corrected chi connectivity index (χ4v) is 1.83. The maximum atomic E-state index is 13.3. The summed E-state index contributed by atoms with van der Waals surface area (Å²) in [4.78, 5) is 0. The first-order valence-electron chi connectivity index (χ1n) is 6.27. The van der Waals surface area contributed by atoms with Crippen LogP contribution in [0.15, 0.2) is 36.7 Å². The Morgan fingerprint density at radius 3 is 3.00 bits per heavy atom. The summed E-state index contributed by atoms with van der Waals surface area (Å²) in [6.07, 6.45) is 3.59. The van der Waals surface area contributed by atoms with E-state index in [0.29, 0.717) is 18.9 Å². The smallest absolute Gasteiger partial charge is 0.127 e. The normalized spacial score (nSPS) is 12.4. The fraction of sp³-hybridized carbons (Fsp3) is 0.357. The summed E-state index contributed by atoms with van der Waals surface area (Å²) in [5, 5.41) is 7.21. The van der Waals surface area contributed by atoms with Crippen molar-refractivity contribution in [3.8, 4) is 5.75 Å². The molecule has 0 aliphatic rings. The van der Waals surface area contributed by atoms with Crippen LogP contribution < -0.4 is 10.1 Å². The zero-order valence-corrected chi connectivity index (χ0v) is 11.1. The Morgan fingerprint density at radius 2 is 2.32 bits per heavy atom. The van der Waals surface area contributed by atoms with E-state index in [0.717, 1.165) is 5.56 Å². The molecule has 1 unspecified atom stereocenters. The van der Waals surface area contributed by atoms with E-state index in [1.807, 2.05) is 26.2 Å². The third-order valence-corrected chi connectivity index (χ3v) is 3.01. The predicted molar refractivity (Wildman–Crippen MR) is 71.6 cm³/mol.